The standard InChI is InChI=1S/C14H21N/c1-4-6-9-13-10-7-8-11-14(13)15-12(3)5-2/h7-8,10-11H,4-6,9H2,1-3H3. The molecule has 0 fully saturated rings. The predicted molar refractivity (Wildman–Crippen MR) is 68.1 cm³/mol. The number of nitrogens with zero attached hydrogens (tertiary/aromatic N) is 1. The molecular weight excluding hydrogens is 182 g/mol. The molecule has 0 saturated carbocycles. The van der Waals surface area contributed by atoms with E-state index in [1.54, 1.807) is 0 Å². The average molecular weight is 203 g/mol. The Labute approximate surface area is 93.2 Å². The van der Waals surface area contributed by atoms with E-state index in [0.29, 0.717) is 0 Å². The van der Waals surface area contributed by atoms with Gasteiger partial charge in [-0.1, -0.05) is 38.5 Å². The lowest BCUT2D eigenvalue weighted by atomic mass is 10.1. The molecule has 0 bridgehead atoms. The molecule has 82 valence electrons. The summed E-state index contributed by atoms with van der Waals surface area (Å²) in [5.74, 6) is 0. The SMILES string of the molecule is CCCCc1ccccc1N=C(C)CC. The second kappa shape index (κ2) is 6.39. The van der Waals surface area contributed by atoms with Gasteiger partial charge in [0.25, 0.3) is 0 Å². The molecule has 1 heteroatoms. The highest BCUT2D eigenvalue weighted by molar-refractivity contribution is 5.84. The fourth-order valence-corrected chi connectivity index (χ4v) is 1.48. The van der Waals surface area contributed by atoms with Crippen LogP contribution in [0.4, 0.5) is 5.69 Å². The van der Waals surface area contributed by atoms with E-state index in [2.05, 4.69) is 50.0 Å². The average Bonchev–Trinajstić information content (AvgIpc) is 2.28. The Morgan fingerprint density at radius 1 is 1.20 bits per heavy atom. The number of aryl methyl sites for hydroxylation is 1. The minimum atomic E-state index is 1.03. The third-order valence-corrected chi connectivity index (χ3v) is 2.61. The Morgan fingerprint density at radius 3 is 2.60 bits per heavy atom. The van der Waals surface area contributed by atoms with Crippen LogP contribution >= 0.6 is 0 Å². The van der Waals surface area contributed by atoms with Crippen molar-refractivity contribution in [2.24, 2.45) is 4.99 Å². The van der Waals surface area contributed by atoms with Crippen LogP contribution in [0.15, 0.2) is 29.3 Å². The van der Waals surface area contributed by atoms with E-state index in [1.807, 2.05) is 0 Å². The second-order valence-corrected chi connectivity index (χ2v) is 3.93. The lowest BCUT2D eigenvalue weighted by molar-refractivity contribution is 0.795. The van der Waals surface area contributed by atoms with Crippen LogP contribution in [0.3, 0.4) is 0 Å². The summed E-state index contributed by atoms with van der Waals surface area (Å²) in [6.07, 6.45) is 4.66. The first-order valence-corrected chi connectivity index (χ1v) is 5.90. The van der Waals surface area contributed by atoms with E-state index >= 15 is 0 Å². The van der Waals surface area contributed by atoms with Crippen LogP contribution in [0.25, 0.3) is 0 Å². The van der Waals surface area contributed by atoms with Gasteiger partial charge in [-0.05, 0) is 37.8 Å². The molecule has 0 radical (unpaired) electrons. The zero-order valence-corrected chi connectivity index (χ0v) is 10.1. The number of unbranched alkanes of at least 4 members (excludes halogenated alkanes) is 1. The van der Waals surface area contributed by atoms with Crippen molar-refractivity contribution in [1.82, 2.24) is 0 Å². The quantitative estimate of drug-likeness (QED) is 0.623. The first kappa shape index (κ1) is 12.0. The van der Waals surface area contributed by atoms with Gasteiger partial charge in [0.05, 0.1) is 5.69 Å². The van der Waals surface area contributed by atoms with Gasteiger partial charge in [0.2, 0.25) is 0 Å². The molecule has 1 rings (SSSR count). The van der Waals surface area contributed by atoms with Gasteiger partial charge >= 0.3 is 0 Å². The number of para-hydroxylation sites is 1. The summed E-state index contributed by atoms with van der Waals surface area (Å²) in [6, 6.07) is 8.48. The summed E-state index contributed by atoms with van der Waals surface area (Å²) < 4.78 is 0. The summed E-state index contributed by atoms with van der Waals surface area (Å²) in [4.78, 5) is 4.65. The summed E-state index contributed by atoms with van der Waals surface area (Å²) in [7, 11) is 0. The van der Waals surface area contributed by atoms with Gasteiger partial charge in [-0.3, -0.25) is 4.99 Å². The van der Waals surface area contributed by atoms with Gasteiger partial charge < -0.3 is 0 Å². The smallest absolute Gasteiger partial charge is 0.0660 e. The predicted octanol–water partition coefficient (Wildman–Crippen LogP) is 4.53. The third-order valence-electron chi connectivity index (χ3n) is 2.61. The van der Waals surface area contributed by atoms with Crippen LogP contribution in [0.5, 0.6) is 0 Å². The molecule has 0 aliphatic heterocycles. The summed E-state index contributed by atoms with van der Waals surface area (Å²) in [5.41, 5.74) is 3.75. The van der Waals surface area contributed by atoms with Crippen molar-refractivity contribution in [1.29, 1.82) is 0 Å². The maximum atomic E-state index is 4.65. The zero-order valence-electron chi connectivity index (χ0n) is 10.1. The lowest BCUT2D eigenvalue weighted by Gasteiger charge is -2.05. The molecule has 0 unspecified atom stereocenters. The second-order valence-electron chi connectivity index (χ2n) is 3.93. The van der Waals surface area contributed by atoms with Crippen LogP contribution in [0.2, 0.25) is 0 Å². The molecule has 0 atom stereocenters. The molecule has 0 aromatic heterocycles. The lowest BCUT2D eigenvalue weighted by Crippen LogP contribution is -1.89. The Kier molecular flexibility index (Phi) is 5.09. The molecule has 0 N–H and O–H groups in total. The van der Waals surface area contributed by atoms with Crippen LogP contribution in [0, 0.1) is 0 Å². The molecule has 1 aromatic carbocycles. The molecule has 1 nitrogen and oxygen atoms in total. The molecule has 0 aliphatic carbocycles. The van der Waals surface area contributed by atoms with E-state index in [4.69, 9.17) is 0 Å². The van der Waals surface area contributed by atoms with Crippen molar-refractivity contribution in [2.75, 3.05) is 0 Å². The highest BCUT2D eigenvalue weighted by Crippen LogP contribution is 2.21. The van der Waals surface area contributed by atoms with Gasteiger partial charge in [-0.25, -0.2) is 0 Å². The normalized spacial score (nSPS) is 11.8. The Hall–Kier alpha value is -1.11. The van der Waals surface area contributed by atoms with Crippen LogP contribution < -0.4 is 0 Å². The summed E-state index contributed by atoms with van der Waals surface area (Å²) in [6.45, 7) is 6.47. The molecule has 1 aromatic rings. The summed E-state index contributed by atoms with van der Waals surface area (Å²) in [5, 5.41) is 0. The first-order valence-electron chi connectivity index (χ1n) is 5.90. The fourth-order valence-electron chi connectivity index (χ4n) is 1.48. The minimum absolute atomic E-state index is 1.03. The molecule has 0 spiro atoms. The number of hydrogen-bond donors (Lipinski definition) is 0. The molecular formula is C14H21N. The van der Waals surface area contributed by atoms with Crippen molar-refractivity contribution in [2.45, 2.75) is 46.5 Å². The van der Waals surface area contributed by atoms with Gasteiger partial charge in [0.1, 0.15) is 0 Å². The van der Waals surface area contributed by atoms with E-state index in [0.717, 1.165) is 18.5 Å². The maximum absolute atomic E-state index is 4.65. The highest BCUT2D eigenvalue weighted by Gasteiger charge is 1.99. The number of aliphatic imine (C=N–C) groups is 1. The topological polar surface area (TPSA) is 12.4 Å². The van der Waals surface area contributed by atoms with Crippen molar-refractivity contribution < 1.29 is 0 Å². The van der Waals surface area contributed by atoms with Crippen molar-refractivity contribution in [3.63, 3.8) is 0 Å². The molecule has 0 saturated heterocycles. The molecule has 15 heavy (non-hydrogen) atoms. The minimum Gasteiger partial charge on any atom is -0.258 e. The van der Waals surface area contributed by atoms with Crippen molar-refractivity contribution >= 4 is 11.4 Å². The zero-order chi connectivity index (χ0) is 11.1. The van der Waals surface area contributed by atoms with Gasteiger partial charge in [0, 0.05) is 5.71 Å². The fraction of sp³-hybridized carbons (Fsp3) is 0.500. The number of benzene rings is 1. The largest absolute Gasteiger partial charge is 0.258 e. The summed E-state index contributed by atoms with van der Waals surface area (Å²) >= 11 is 0. The molecule has 0 aliphatic rings. The Morgan fingerprint density at radius 2 is 1.93 bits per heavy atom. The van der Waals surface area contributed by atoms with E-state index in [1.165, 1.54) is 24.1 Å². The first-order chi connectivity index (χ1) is 7.27. The van der Waals surface area contributed by atoms with Crippen molar-refractivity contribution in [3.05, 3.63) is 29.8 Å². The third kappa shape index (κ3) is 3.86. The molecule has 0 heterocycles. The maximum Gasteiger partial charge on any atom is 0.0660 e. The monoisotopic (exact) mass is 203 g/mol. The number of rotatable bonds is 5. The van der Waals surface area contributed by atoms with E-state index in [9.17, 15) is 0 Å². The van der Waals surface area contributed by atoms with Gasteiger partial charge in [0.15, 0.2) is 0 Å². The van der Waals surface area contributed by atoms with E-state index in [-0.39, 0.29) is 0 Å². The highest BCUT2D eigenvalue weighted by atomic mass is 14.7. The van der Waals surface area contributed by atoms with Gasteiger partial charge in [-0.2, -0.15) is 0 Å². The van der Waals surface area contributed by atoms with Crippen molar-refractivity contribution in [3.8, 4) is 0 Å². The molecule has 0 amide bonds. The number of hydrogen-bond acceptors (Lipinski definition) is 1. The Balaban J connectivity index is 2.86. The Bertz CT molecular complexity index is 326. The van der Waals surface area contributed by atoms with Gasteiger partial charge in [-0.15, -0.1) is 0 Å². The van der Waals surface area contributed by atoms with Crippen LogP contribution in [-0.2, 0) is 6.42 Å². The van der Waals surface area contributed by atoms with Crippen LogP contribution in [0.1, 0.15) is 45.6 Å². The van der Waals surface area contributed by atoms with E-state index < -0.39 is 0 Å². The van der Waals surface area contributed by atoms with Crippen LogP contribution in [-0.4, -0.2) is 5.71 Å².